The molecule has 0 aromatic carbocycles. The van der Waals surface area contributed by atoms with Crippen molar-refractivity contribution in [2.45, 2.75) is 12.8 Å². The first-order valence-electron chi connectivity index (χ1n) is 5.28. The van der Waals surface area contributed by atoms with Crippen LogP contribution in [0.5, 0.6) is 0 Å². The predicted octanol–water partition coefficient (Wildman–Crippen LogP) is 2.68. The van der Waals surface area contributed by atoms with Gasteiger partial charge in [-0.3, -0.25) is 0 Å². The molecule has 0 aliphatic carbocycles. The fourth-order valence-corrected chi connectivity index (χ4v) is 2.12. The second-order valence-corrected chi connectivity index (χ2v) is 4.63. The van der Waals surface area contributed by atoms with Gasteiger partial charge in [-0.05, 0) is 46.8 Å². The first kappa shape index (κ1) is 10.9. The molecule has 1 aromatic rings. The highest BCUT2D eigenvalue weighted by Crippen LogP contribution is 2.20. The normalized spacial score (nSPS) is 20.5. The maximum absolute atomic E-state index is 5.33. The minimum atomic E-state index is 0.722. The first-order chi connectivity index (χ1) is 7.36. The molecule has 2 heterocycles. The molecule has 82 valence electrons. The van der Waals surface area contributed by atoms with Crippen molar-refractivity contribution in [2.75, 3.05) is 25.1 Å². The number of hydrogen-bond acceptors (Lipinski definition) is 3. The van der Waals surface area contributed by atoms with Gasteiger partial charge in [0.2, 0.25) is 0 Å². The molecule has 0 amide bonds. The molecule has 1 fully saturated rings. The lowest BCUT2D eigenvalue weighted by Gasteiger charge is -2.09. The van der Waals surface area contributed by atoms with E-state index < -0.39 is 0 Å². The van der Waals surface area contributed by atoms with E-state index in [4.69, 9.17) is 4.74 Å². The van der Waals surface area contributed by atoms with E-state index in [9.17, 15) is 0 Å². The summed E-state index contributed by atoms with van der Waals surface area (Å²) in [4.78, 5) is 4.25. The summed E-state index contributed by atoms with van der Waals surface area (Å²) in [6.07, 6.45) is 4.15. The molecule has 1 atom stereocenters. The molecule has 2 rings (SSSR count). The van der Waals surface area contributed by atoms with Crippen molar-refractivity contribution in [3.05, 3.63) is 22.8 Å². The zero-order valence-electron chi connectivity index (χ0n) is 8.58. The molecule has 3 nitrogen and oxygen atoms in total. The van der Waals surface area contributed by atoms with Crippen LogP contribution in [0.25, 0.3) is 0 Å². The number of ether oxygens (including phenoxy) is 1. The van der Waals surface area contributed by atoms with Crippen molar-refractivity contribution in [3.63, 3.8) is 0 Å². The molecule has 0 saturated carbocycles. The lowest BCUT2D eigenvalue weighted by molar-refractivity contribution is 0.185. The molecule has 1 saturated heterocycles. The van der Waals surface area contributed by atoms with Gasteiger partial charge < -0.3 is 10.1 Å². The lowest BCUT2D eigenvalue weighted by atomic mass is 10.1. The zero-order valence-corrected chi connectivity index (χ0v) is 10.2. The molecule has 0 radical (unpaired) electrons. The van der Waals surface area contributed by atoms with E-state index in [1.165, 1.54) is 6.42 Å². The van der Waals surface area contributed by atoms with Gasteiger partial charge in [0.1, 0.15) is 5.82 Å². The number of nitrogens with one attached hydrogen (secondary N) is 1. The van der Waals surface area contributed by atoms with E-state index in [0.29, 0.717) is 0 Å². The Morgan fingerprint density at radius 1 is 1.60 bits per heavy atom. The maximum atomic E-state index is 5.33. The van der Waals surface area contributed by atoms with Gasteiger partial charge in [-0.25, -0.2) is 4.98 Å². The van der Waals surface area contributed by atoms with Crippen LogP contribution in [0.2, 0.25) is 0 Å². The van der Waals surface area contributed by atoms with E-state index >= 15 is 0 Å². The number of pyridine rings is 1. The average molecular weight is 271 g/mol. The highest BCUT2D eigenvalue weighted by atomic mass is 79.9. The Balaban J connectivity index is 1.75. The molecule has 1 aromatic heterocycles. The van der Waals surface area contributed by atoms with Crippen molar-refractivity contribution in [2.24, 2.45) is 5.92 Å². The molecular weight excluding hydrogens is 256 g/mol. The third kappa shape index (κ3) is 3.18. The van der Waals surface area contributed by atoms with Crippen LogP contribution in [0.3, 0.4) is 0 Å². The Labute approximate surface area is 98.4 Å². The van der Waals surface area contributed by atoms with Gasteiger partial charge in [0.05, 0.1) is 4.47 Å². The SMILES string of the molecule is Brc1cccnc1NCCC1CCOC1. The Morgan fingerprint density at radius 2 is 2.53 bits per heavy atom. The number of hydrogen-bond donors (Lipinski definition) is 1. The molecule has 1 aliphatic rings. The highest BCUT2D eigenvalue weighted by Gasteiger charge is 2.14. The molecule has 4 heteroatoms. The maximum Gasteiger partial charge on any atom is 0.140 e. The Bertz CT molecular complexity index is 313. The van der Waals surface area contributed by atoms with Crippen molar-refractivity contribution in [3.8, 4) is 0 Å². The third-order valence-corrected chi connectivity index (χ3v) is 3.27. The topological polar surface area (TPSA) is 34.2 Å². The second kappa shape index (κ2) is 5.47. The van der Waals surface area contributed by atoms with Crippen molar-refractivity contribution in [1.29, 1.82) is 0 Å². The van der Waals surface area contributed by atoms with Crippen molar-refractivity contribution < 1.29 is 4.74 Å². The number of aromatic nitrogens is 1. The van der Waals surface area contributed by atoms with Crippen LogP contribution in [-0.2, 0) is 4.74 Å². The number of nitrogens with zero attached hydrogens (tertiary/aromatic N) is 1. The van der Waals surface area contributed by atoms with Gasteiger partial charge in [0.25, 0.3) is 0 Å². The van der Waals surface area contributed by atoms with E-state index in [1.807, 2.05) is 12.1 Å². The lowest BCUT2D eigenvalue weighted by Crippen LogP contribution is -2.10. The quantitative estimate of drug-likeness (QED) is 0.914. The second-order valence-electron chi connectivity index (χ2n) is 3.78. The minimum absolute atomic E-state index is 0.722. The van der Waals surface area contributed by atoms with Crippen LogP contribution in [0.15, 0.2) is 22.8 Å². The van der Waals surface area contributed by atoms with Crippen molar-refractivity contribution in [1.82, 2.24) is 4.98 Å². The van der Waals surface area contributed by atoms with Crippen LogP contribution in [-0.4, -0.2) is 24.7 Å². The van der Waals surface area contributed by atoms with Gasteiger partial charge in [-0.2, -0.15) is 0 Å². The van der Waals surface area contributed by atoms with Gasteiger partial charge in [-0.1, -0.05) is 0 Å². The van der Waals surface area contributed by atoms with Crippen LogP contribution in [0.1, 0.15) is 12.8 Å². The summed E-state index contributed by atoms with van der Waals surface area (Å²) in [5.41, 5.74) is 0. The third-order valence-electron chi connectivity index (χ3n) is 2.63. The van der Waals surface area contributed by atoms with Crippen molar-refractivity contribution >= 4 is 21.7 Å². The summed E-state index contributed by atoms with van der Waals surface area (Å²) in [7, 11) is 0. The van der Waals surface area contributed by atoms with Gasteiger partial charge >= 0.3 is 0 Å². The van der Waals surface area contributed by atoms with Gasteiger partial charge in [-0.15, -0.1) is 0 Å². The standard InChI is InChI=1S/C11H15BrN2O/c12-10-2-1-5-13-11(10)14-6-3-9-4-7-15-8-9/h1-2,5,9H,3-4,6-8H2,(H,13,14). The van der Waals surface area contributed by atoms with Crippen LogP contribution >= 0.6 is 15.9 Å². The largest absolute Gasteiger partial charge is 0.381 e. The Kier molecular flexibility index (Phi) is 3.97. The number of halogens is 1. The summed E-state index contributed by atoms with van der Waals surface area (Å²) >= 11 is 3.46. The molecule has 0 bridgehead atoms. The molecule has 1 N–H and O–H groups in total. The minimum Gasteiger partial charge on any atom is -0.381 e. The van der Waals surface area contributed by atoms with Crippen LogP contribution in [0.4, 0.5) is 5.82 Å². The molecule has 15 heavy (non-hydrogen) atoms. The average Bonchev–Trinajstić information content (AvgIpc) is 2.74. The molecule has 1 unspecified atom stereocenters. The fraction of sp³-hybridized carbons (Fsp3) is 0.545. The summed E-state index contributed by atoms with van der Waals surface area (Å²) in [6, 6.07) is 3.91. The van der Waals surface area contributed by atoms with E-state index in [0.717, 1.165) is 42.4 Å². The van der Waals surface area contributed by atoms with E-state index in [2.05, 4.69) is 26.2 Å². The van der Waals surface area contributed by atoms with E-state index in [1.54, 1.807) is 6.20 Å². The number of rotatable bonds is 4. The van der Waals surface area contributed by atoms with Crippen LogP contribution in [0, 0.1) is 5.92 Å². The summed E-state index contributed by atoms with van der Waals surface area (Å²) < 4.78 is 6.35. The summed E-state index contributed by atoms with van der Waals surface area (Å²) in [6.45, 7) is 2.81. The molecule has 1 aliphatic heterocycles. The smallest absolute Gasteiger partial charge is 0.140 e. The highest BCUT2D eigenvalue weighted by molar-refractivity contribution is 9.10. The monoisotopic (exact) mass is 270 g/mol. The van der Waals surface area contributed by atoms with E-state index in [-0.39, 0.29) is 0 Å². The fourth-order valence-electron chi connectivity index (χ4n) is 1.72. The Morgan fingerprint density at radius 3 is 3.27 bits per heavy atom. The van der Waals surface area contributed by atoms with Gasteiger partial charge in [0.15, 0.2) is 0 Å². The summed E-state index contributed by atoms with van der Waals surface area (Å²) in [5.74, 6) is 1.65. The summed E-state index contributed by atoms with van der Waals surface area (Å²) in [5, 5.41) is 3.33. The first-order valence-corrected chi connectivity index (χ1v) is 6.07. The zero-order chi connectivity index (χ0) is 10.5. The Hall–Kier alpha value is -0.610. The number of anilines is 1. The predicted molar refractivity (Wildman–Crippen MR) is 64.0 cm³/mol. The molecule has 0 spiro atoms. The van der Waals surface area contributed by atoms with Gasteiger partial charge in [0, 0.05) is 26.0 Å². The molecular formula is C11H15BrN2O. The van der Waals surface area contributed by atoms with Crippen LogP contribution < -0.4 is 5.32 Å².